The molecule has 0 radical (unpaired) electrons. The SMILES string of the molecule is C[C@H]1CN(C(=O)[C@H]2CCc3c(sc4ncnc(Nc5cc6ccnn6cc5N(C)C)c34)C2)C[C@H](C)O1. The molecule has 188 valence electrons. The van der Waals surface area contributed by atoms with Gasteiger partial charge in [-0.3, -0.25) is 4.79 Å². The molecule has 5 heterocycles. The molecule has 1 amide bonds. The third-order valence-electron chi connectivity index (χ3n) is 7.17. The first kappa shape index (κ1) is 23.2. The first-order valence-corrected chi connectivity index (χ1v) is 13.3. The maximum absolute atomic E-state index is 13.4. The predicted molar refractivity (Wildman–Crippen MR) is 142 cm³/mol. The van der Waals surface area contributed by atoms with Crippen molar-refractivity contribution in [2.75, 3.05) is 37.4 Å². The zero-order valence-electron chi connectivity index (χ0n) is 21.1. The van der Waals surface area contributed by atoms with E-state index in [4.69, 9.17) is 4.74 Å². The lowest BCUT2D eigenvalue weighted by Crippen LogP contribution is -2.50. The van der Waals surface area contributed by atoms with E-state index in [0.29, 0.717) is 13.1 Å². The van der Waals surface area contributed by atoms with Gasteiger partial charge >= 0.3 is 0 Å². The number of aromatic nitrogens is 4. The van der Waals surface area contributed by atoms with Gasteiger partial charge in [0.2, 0.25) is 5.91 Å². The topological polar surface area (TPSA) is 87.9 Å². The fourth-order valence-corrected chi connectivity index (χ4v) is 6.84. The molecule has 2 aliphatic rings. The Kier molecular flexibility index (Phi) is 5.80. The van der Waals surface area contributed by atoms with E-state index in [1.165, 1.54) is 10.4 Å². The van der Waals surface area contributed by atoms with Crippen LogP contribution >= 0.6 is 11.3 Å². The first-order valence-electron chi connectivity index (χ1n) is 12.5. The summed E-state index contributed by atoms with van der Waals surface area (Å²) < 4.78 is 7.70. The van der Waals surface area contributed by atoms with Gasteiger partial charge in [0.05, 0.1) is 40.7 Å². The van der Waals surface area contributed by atoms with Gasteiger partial charge in [-0.05, 0) is 50.8 Å². The average Bonchev–Trinajstić information content (AvgIpc) is 3.46. The average molecular weight is 506 g/mol. The molecular formula is C26H31N7O2S. The van der Waals surface area contributed by atoms with Crippen LogP contribution in [0.15, 0.2) is 30.9 Å². The Morgan fingerprint density at radius 2 is 2.03 bits per heavy atom. The lowest BCUT2D eigenvalue weighted by Gasteiger charge is -2.37. The van der Waals surface area contributed by atoms with Gasteiger partial charge in [0, 0.05) is 44.2 Å². The molecule has 1 aliphatic carbocycles. The van der Waals surface area contributed by atoms with Crippen LogP contribution in [0.2, 0.25) is 0 Å². The molecule has 0 bridgehead atoms. The molecule has 0 unspecified atom stereocenters. The second-order valence-electron chi connectivity index (χ2n) is 10.1. The number of carbonyl (C=O) groups is 1. The number of morpholine rings is 1. The normalized spacial score (nSPS) is 22.1. The number of amides is 1. The van der Waals surface area contributed by atoms with Gasteiger partial charge in [0.25, 0.3) is 0 Å². The summed E-state index contributed by atoms with van der Waals surface area (Å²) >= 11 is 1.70. The number of carbonyl (C=O) groups excluding carboxylic acids is 1. The van der Waals surface area contributed by atoms with Crippen LogP contribution in [0.25, 0.3) is 15.7 Å². The van der Waals surface area contributed by atoms with Gasteiger partial charge in [-0.25, -0.2) is 14.5 Å². The van der Waals surface area contributed by atoms with Crippen molar-refractivity contribution in [1.29, 1.82) is 0 Å². The third-order valence-corrected chi connectivity index (χ3v) is 8.34. The van der Waals surface area contributed by atoms with Crippen molar-refractivity contribution in [2.45, 2.75) is 45.3 Å². The van der Waals surface area contributed by atoms with Crippen molar-refractivity contribution < 1.29 is 9.53 Å². The third kappa shape index (κ3) is 4.08. The Balaban J connectivity index is 1.31. The maximum atomic E-state index is 13.4. The van der Waals surface area contributed by atoms with Gasteiger partial charge < -0.3 is 19.9 Å². The Morgan fingerprint density at radius 1 is 1.22 bits per heavy atom. The van der Waals surface area contributed by atoms with Crippen LogP contribution in [0, 0.1) is 5.92 Å². The zero-order chi connectivity index (χ0) is 25.0. The number of fused-ring (bicyclic) bond motifs is 4. The standard InChI is InChI=1S/C26H31N7O2S/c1-15-11-32(12-16(2)35-15)26(34)17-5-6-19-22(9-17)36-25-23(19)24(27-14-28-25)30-20-10-18-7-8-29-33(18)13-21(20)31(3)4/h7-8,10,13-17H,5-6,9,11-12H2,1-4H3,(H,27,28,30)/t15-,16-,17-/m0/s1. The van der Waals surface area contributed by atoms with E-state index >= 15 is 0 Å². The largest absolute Gasteiger partial charge is 0.375 e. The van der Waals surface area contributed by atoms with E-state index in [2.05, 4.69) is 31.3 Å². The summed E-state index contributed by atoms with van der Waals surface area (Å²) in [6, 6.07) is 4.08. The lowest BCUT2D eigenvalue weighted by atomic mass is 9.86. The van der Waals surface area contributed by atoms with Gasteiger partial charge in [-0.1, -0.05) is 0 Å². The van der Waals surface area contributed by atoms with Gasteiger partial charge in [0.15, 0.2) is 0 Å². The molecule has 3 atom stereocenters. The van der Waals surface area contributed by atoms with E-state index < -0.39 is 0 Å². The summed E-state index contributed by atoms with van der Waals surface area (Å²) in [6.45, 7) is 5.43. The highest BCUT2D eigenvalue weighted by atomic mass is 32.1. The summed E-state index contributed by atoms with van der Waals surface area (Å²) in [7, 11) is 4.04. The summed E-state index contributed by atoms with van der Waals surface area (Å²) in [6.07, 6.45) is 8.06. The summed E-state index contributed by atoms with van der Waals surface area (Å²) in [5.41, 5.74) is 4.27. The molecular weight excluding hydrogens is 474 g/mol. The Morgan fingerprint density at radius 3 is 2.81 bits per heavy atom. The van der Waals surface area contributed by atoms with Crippen LogP contribution in [-0.4, -0.2) is 69.8 Å². The number of nitrogens with one attached hydrogen (secondary N) is 1. The van der Waals surface area contributed by atoms with E-state index in [0.717, 1.165) is 52.2 Å². The number of anilines is 3. The molecule has 0 saturated carbocycles. The summed E-state index contributed by atoms with van der Waals surface area (Å²) in [4.78, 5) is 28.9. The van der Waals surface area contributed by atoms with Crippen molar-refractivity contribution >= 4 is 50.2 Å². The van der Waals surface area contributed by atoms with Gasteiger partial charge in [-0.2, -0.15) is 5.10 Å². The van der Waals surface area contributed by atoms with E-state index in [1.54, 1.807) is 23.9 Å². The van der Waals surface area contributed by atoms with Crippen LogP contribution in [0.1, 0.15) is 30.7 Å². The number of thiophene rings is 1. The minimum atomic E-state index is 0.0112. The molecule has 9 nitrogen and oxygen atoms in total. The van der Waals surface area contributed by atoms with Crippen molar-refractivity contribution in [3.63, 3.8) is 0 Å². The number of hydrogen-bond acceptors (Lipinski definition) is 8. The van der Waals surface area contributed by atoms with Crippen LogP contribution in [0.4, 0.5) is 17.2 Å². The maximum Gasteiger partial charge on any atom is 0.226 e. The highest BCUT2D eigenvalue weighted by Crippen LogP contribution is 2.41. The van der Waals surface area contributed by atoms with Crippen molar-refractivity contribution in [1.82, 2.24) is 24.5 Å². The molecule has 1 fully saturated rings. The Labute approximate surface area is 214 Å². The van der Waals surface area contributed by atoms with Crippen molar-refractivity contribution in [3.8, 4) is 0 Å². The van der Waals surface area contributed by atoms with Gasteiger partial charge in [0.1, 0.15) is 17.0 Å². The highest BCUT2D eigenvalue weighted by molar-refractivity contribution is 7.19. The second kappa shape index (κ2) is 9.01. The molecule has 0 aromatic carbocycles. The minimum absolute atomic E-state index is 0.0112. The quantitative estimate of drug-likeness (QED) is 0.450. The highest BCUT2D eigenvalue weighted by Gasteiger charge is 2.34. The number of aryl methyl sites for hydroxylation is 1. The van der Waals surface area contributed by atoms with Gasteiger partial charge in [-0.15, -0.1) is 11.3 Å². The number of pyridine rings is 1. The van der Waals surface area contributed by atoms with Crippen LogP contribution in [0.5, 0.6) is 0 Å². The van der Waals surface area contributed by atoms with Crippen LogP contribution in [0.3, 0.4) is 0 Å². The number of nitrogens with zero attached hydrogens (tertiary/aromatic N) is 6. The molecule has 6 rings (SSSR count). The first-order chi connectivity index (χ1) is 17.4. The molecule has 36 heavy (non-hydrogen) atoms. The van der Waals surface area contributed by atoms with Crippen molar-refractivity contribution in [2.24, 2.45) is 5.92 Å². The summed E-state index contributed by atoms with van der Waals surface area (Å²) in [5, 5.41) is 9.05. The van der Waals surface area contributed by atoms with E-state index in [1.807, 2.05) is 49.6 Å². The molecule has 1 aliphatic heterocycles. The molecule has 4 aromatic heterocycles. The Hall–Kier alpha value is -3.24. The predicted octanol–water partition coefficient (Wildman–Crippen LogP) is 3.89. The molecule has 10 heteroatoms. The van der Waals surface area contributed by atoms with Crippen LogP contribution < -0.4 is 10.2 Å². The number of hydrogen-bond donors (Lipinski definition) is 1. The van der Waals surface area contributed by atoms with Crippen LogP contribution in [-0.2, 0) is 22.4 Å². The molecule has 1 N–H and O–H groups in total. The lowest BCUT2D eigenvalue weighted by molar-refractivity contribution is -0.147. The Bertz CT molecular complexity index is 1440. The fraction of sp³-hybridized carbons (Fsp3) is 0.462. The zero-order valence-corrected chi connectivity index (χ0v) is 21.9. The fourth-order valence-electron chi connectivity index (χ4n) is 5.57. The monoisotopic (exact) mass is 505 g/mol. The molecule has 1 saturated heterocycles. The van der Waals surface area contributed by atoms with Crippen molar-refractivity contribution in [3.05, 3.63) is 41.3 Å². The number of ether oxygens (including phenoxy) is 1. The smallest absolute Gasteiger partial charge is 0.226 e. The van der Waals surface area contributed by atoms with E-state index in [-0.39, 0.29) is 24.0 Å². The molecule has 0 spiro atoms. The summed E-state index contributed by atoms with van der Waals surface area (Å²) in [5.74, 6) is 1.08. The minimum Gasteiger partial charge on any atom is -0.375 e. The second-order valence-corrected chi connectivity index (χ2v) is 11.2. The van der Waals surface area contributed by atoms with E-state index in [9.17, 15) is 4.79 Å². The number of rotatable bonds is 4. The molecule has 4 aromatic rings.